The highest BCUT2D eigenvalue weighted by Gasteiger charge is 2.37. The van der Waals surface area contributed by atoms with E-state index in [1.807, 2.05) is 12.3 Å². The fourth-order valence-corrected chi connectivity index (χ4v) is 5.81. The number of sulfonamides is 1. The smallest absolute Gasteiger partial charge is 0.247 e. The topological polar surface area (TPSA) is 46.6 Å². The van der Waals surface area contributed by atoms with Crippen LogP contribution in [0.3, 0.4) is 0 Å². The van der Waals surface area contributed by atoms with Gasteiger partial charge < -0.3 is 4.74 Å². The van der Waals surface area contributed by atoms with Crippen LogP contribution in [0.5, 0.6) is 5.75 Å². The molecule has 0 fully saturated rings. The lowest BCUT2D eigenvalue weighted by Crippen LogP contribution is -2.39. The van der Waals surface area contributed by atoms with E-state index in [1.54, 1.807) is 39.9 Å². The van der Waals surface area contributed by atoms with Crippen LogP contribution in [0.15, 0.2) is 40.6 Å². The van der Waals surface area contributed by atoms with Crippen LogP contribution in [0.25, 0.3) is 0 Å². The molecule has 1 unspecified atom stereocenters. The Bertz CT molecular complexity index is 767. The largest absolute Gasteiger partial charge is 0.495 e. The third-order valence-corrected chi connectivity index (χ3v) is 7.03. The molecule has 3 rings (SSSR count). The monoisotopic (exact) mass is 337 g/mol. The molecular formula is C16H19NO3S2. The number of benzene rings is 1. The zero-order chi connectivity index (χ0) is 15.7. The number of para-hydroxylation sites is 1. The summed E-state index contributed by atoms with van der Waals surface area (Å²) in [5.41, 5.74) is 1.15. The molecule has 4 nitrogen and oxygen atoms in total. The number of nitrogens with zero attached hydrogens (tertiary/aromatic N) is 1. The van der Waals surface area contributed by atoms with Crippen molar-refractivity contribution >= 4 is 21.4 Å². The summed E-state index contributed by atoms with van der Waals surface area (Å²) in [4.78, 5) is 1.55. The van der Waals surface area contributed by atoms with E-state index in [2.05, 4.69) is 6.07 Å². The van der Waals surface area contributed by atoms with E-state index in [0.717, 1.165) is 18.4 Å². The van der Waals surface area contributed by atoms with Gasteiger partial charge in [0.05, 0.1) is 13.2 Å². The van der Waals surface area contributed by atoms with E-state index in [0.29, 0.717) is 12.3 Å². The number of ether oxygens (including phenoxy) is 1. The first kappa shape index (κ1) is 15.5. The van der Waals surface area contributed by atoms with Crippen molar-refractivity contribution in [1.29, 1.82) is 0 Å². The Morgan fingerprint density at radius 2 is 2.09 bits per heavy atom. The average Bonchev–Trinajstić information content (AvgIpc) is 3.02. The summed E-state index contributed by atoms with van der Waals surface area (Å²) in [6, 6.07) is 8.78. The fourth-order valence-electron chi connectivity index (χ4n) is 3.04. The molecule has 22 heavy (non-hydrogen) atoms. The Hall–Kier alpha value is -1.37. The minimum atomic E-state index is -3.57. The molecule has 1 aromatic carbocycles. The van der Waals surface area contributed by atoms with Crippen molar-refractivity contribution in [1.82, 2.24) is 4.31 Å². The second-order valence-corrected chi connectivity index (χ2v) is 8.10. The van der Waals surface area contributed by atoms with Crippen molar-refractivity contribution in [3.8, 4) is 5.75 Å². The lowest BCUT2D eigenvalue weighted by molar-refractivity contribution is 0.301. The molecule has 0 saturated carbocycles. The summed E-state index contributed by atoms with van der Waals surface area (Å²) in [5.74, 6) is 0.397. The zero-order valence-corrected chi connectivity index (χ0v) is 14.3. The number of fused-ring (bicyclic) bond motifs is 1. The van der Waals surface area contributed by atoms with Crippen LogP contribution in [-0.2, 0) is 16.4 Å². The second kappa shape index (κ2) is 6.02. The maximum absolute atomic E-state index is 13.1. The Morgan fingerprint density at radius 3 is 2.82 bits per heavy atom. The number of thiophene rings is 1. The van der Waals surface area contributed by atoms with E-state index in [9.17, 15) is 8.42 Å². The summed E-state index contributed by atoms with van der Waals surface area (Å²) in [5, 5.41) is 2.05. The van der Waals surface area contributed by atoms with E-state index < -0.39 is 10.0 Å². The Balaban J connectivity index is 2.06. The van der Waals surface area contributed by atoms with Crippen LogP contribution in [0.1, 0.15) is 29.8 Å². The van der Waals surface area contributed by atoms with Gasteiger partial charge in [0.25, 0.3) is 0 Å². The Morgan fingerprint density at radius 1 is 1.32 bits per heavy atom. The van der Waals surface area contributed by atoms with Crippen molar-refractivity contribution in [3.05, 3.63) is 46.2 Å². The number of hydrogen-bond acceptors (Lipinski definition) is 4. The van der Waals surface area contributed by atoms with Gasteiger partial charge in [-0.1, -0.05) is 19.1 Å². The highest BCUT2D eigenvalue weighted by atomic mass is 32.2. The van der Waals surface area contributed by atoms with Gasteiger partial charge in [-0.2, -0.15) is 4.31 Å². The molecule has 1 aliphatic rings. The van der Waals surface area contributed by atoms with Crippen LogP contribution in [-0.4, -0.2) is 26.4 Å². The molecule has 6 heteroatoms. The van der Waals surface area contributed by atoms with Crippen LogP contribution >= 0.6 is 11.3 Å². The molecule has 0 bridgehead atoms. The summed E-state index contributed by atoms with van der Waals surface area (Å²) in [6.07, 6.45) is 1.54. The normalized spacial score (nSPS) is 18.9. The number of methoxy groups -OCH3 is 1. The molecule has 0 spiro atoms. The molecule has 2 heterocycles. The molecule has 1 atom stereocenters. The molecule has 2 aromatic rings. The Labute approximate surface area is 135 Å². The number of hydrogen-bond donors (Lipinski definition) is 0. The molecule has 0 radical (unpaired) electrons. The predicted octanol–water partition coefficient (Wildman–Crippen LogP) is 3.45. The molecule has 0 aliphatic carbocycles. The molecule has 0 N–H and O–H groups in total. The van der Waals surface area contributed by atoms with E-state index in [1.165, 1.54) is 12.0 Å². The van der Waals surface area contributed by atoms with Gasteiger partial charge in [0.1, 0.15) is 10.6 Å². The molecule has 118 valence electrons. The van der Waals surface area contributed by atoms with Crippen LogP contribution in [0, 0.1) is 0 Å². The Kier molecular flexibility index (Phi) is 4.25. The van der Waals surface area contributed by atoms with Crippen molar-refractivity contribution in [3.63, 3.8) is 0 Å². The molecule has 0 amide bonds. The van der Waals surface area contributed by atoms with Crippen molar-refractivity contribution < 1.29 is 13.2 Å². The standard InChI is InChI=1S/C16H19NO3S2/c1-3-13-12-9-11-21-15(12)8-10-17(13)22(18,19)16-7-5-4-6-14(16)20-2/h4-7,9,11,13H,3,8,10H2,1-2H3. The van der Waals surface area contributed by atoms with Gasteiger partial charge in [-0.3, -0.25) is 0 Å². The van der Waals surface area contributed by atoms with Crippen LogP contribution < -0.4 is 4.74 Å². The maximum Gasteiger partial charge on any atom is 0.247 e. The number of rotatable bonds is 4. The van der Waals surface area contributed by atoms with Gasteiger partial charge in [-0.05, 0) is 42.0 Å². The quantitative estimate of drug-likeness (QED) is 0.858. The van der Waals surface area contributed by atoms with E-state index in [-0.39, 0.29) is 10.9 Å². The highest BCUT2D eigenvalue weighted by Crippen LogP contribution is 2.39. The fraction of sp³-hybridized carbons (Fsp3) is 0.375. The first-order valence-electron chi connectivity index (χ1n) is 7.30. The molecule has 0 saturated heterocycles. The van der Waals surface area contributed by atoms with Gasteiger partial charge >= 0.3 is 0 Å². The second-order valence-electron chi connectivity index (χ2n) is 5.24. The van der Waals surface area contributed by atoms with Crippen molar-refractivity contribution in [2.24, 2.45) is 0 Å². The maximum atomic E-state index is 13.1. The summed E-state index contributed by atoms with van der Waals surface area (Å²) in [7, 11) is -2.07. The minimum absolute atomic E-state index is 0.0927. The zero-order valence-electron chi connectivity index (χ0n) is 12.7. The van der Waals surface area contributed by atoms with Crippen molar-refractivity contribution in [2.45, 2.75) is 30.7 Å². The third-order valence-electron chi connectivity index (χ3n) is 4.09. The lowest BCUT2D eigenvalue weighted by Gasteiger charge is -2.34. The third kappa shape index (κ3) is 2.45. The van der Waals surface area contributed by atoms with Crippen LogP contribution in [0.4, 0.5) is 0 Å². The summed E-state index contributed by atoms with van der Waals surface area (Å²) < 4.78 is 33.1. The predicted molar refractivity (Wildman–Crippen MR) is 87.9 cm³/mol. The average molecular weight is 337 g/mol. The summed E-state index contributed by atoms with van der Waals surface area (Å²) in [6.45, 7) is 2.55. The van der Waals surface area contributed by atoms with Gasteiger partial charge in [-0.25, -0.2) is 8.42 Å². The van der Waals surface area contributed by atoms with Gasteiger partial charge in [0, 0.05) is 11.4 Å². The van der Waals surface area contributed by atoms with Crippen LogP contribution in [0.2, 0.25) is 0 Å². The minimum Gasteiger partial charge on any atom is -0.495 e. The van der Waals surface area contributed by atoms with Crippen molar-refractivity contribution in [2.75, 3.05) is 13.7 Å². The molecule has 1 aliphatic heterocycles. The lowest BCUT2D eigenvalue weighted by atomic mass is 10.0. The molecular weight excluding hydrogens is 318 g/mol. The highest BCUT2D eigenvalue weighted by molar-refractivity contribution is 7.89. The van der Waals surface area contributed by atoms with Gasteiger partial charge in [-0.15, -0.1) is 11.3 Å². The molecule has 1 aromatic heterocycles. The van der Waals surface area contributed by atoms with E-state index >= 15 is 0 Å². The SMILES string of the molecule is CCC1c2ccsc2CCN1S(=O)(=O)c1ccccc1OC. The van der Waals surface area contributed by atoms with Gasteiger partial charge in [0.15, 0.2) is 0 Å². The summed E-state index contributed by atoms with van der Waals surface area (Å²) >= 11 is 1.71. The van der Waals surface area contributed by atoms with Gasteiger partial charge in [0.2, 0.25) is 10.0 Å². The first-order valence-corrected chi connectivity index (χ1v) is 9.62. The van der Waals surface area contributed by atoms with E-state index in [4.69, 9.17) is 4.74 Å². The first-order chi connectivity index (χ1) is 10.6.